The summed E-state index contributed by atoms with van der Waals surface area (Å²) >= 11 is 5.77. The van der Waals surface area contributed by atoms with Crippen LogP contribution in [0.4, 0.5) is 0 Å². The van der Waals surface area contributed by atoms with Crippen molar-refractivity contribution in [1.82, 2.24) is 0 Å². The van der Waals surface area contributed by atoms with Crippen LogP contribution in [-0.2, 0) is 16.1 Å². The molecule has 0 amide bonds. The second-order valence-electron chi connectivity index (χ2n) is 3.42. The zero-order valence-corrected chi connectivity index (χ0v) is 9.89. The Labute approximate surface area is 103 Å². The highest BCUT2D eigenvalue weighted by Gasteiger charge is 2.26. The van der Waals surface area contributed by atoms with Crippen LogP contribution >= 0.6 is 11.6 Å². The number of carbonyl (C=O) groups excluding carboxylic acids is 1. The van der Waals surface area contributed by atoms with Crippen molar-refractivity contribution in [3.05, 3.63) is 34.3 Å². The second kappa shape index (κ2) is 5.97. The van der Waals surface area contributed by atoms with Crippen LogP contribution in [0.15, 0.2) is 18.2 Å². The number of hydrogen-bond acceptors (Lipinski definition) is 5. The van der Waals surface area contributed by atoms with Gasteiger partial charge < -0.3 is 20.1 Å². The summed E-state index contributed by atoms with van der Waals surface area (Å²) < 4.78 is 4.31. The smallest absolute Gasteiger partial charge is 0.337 e. The van der Waals surface area contributed by atoms with E-state index in [4.69, 9.17) is 16.7 Å². The van der Waals surface area contributed by atoms with E-state index < -0.39 is 18.2 Å². The minimum Gasteiger partial charge on any atom is -0.467 e. The maximum absolute atomic E-state index is 11.0. The number of esters is 1. The first-order valence-corrected chi connectivity index (χ1v) is 5.22. The van der Waals surface area contributed by atoms with Gasteiger partial charge in [-0.2, -0.15) is 0 Å². The molecule has 0 bridgehead atoms. The first-order valence-electron chi connectivity index (χ1n) is 4.84. The quantitative estimate of drug-likeness (QED) is 0.682. The van der Waals surface area contributed by atoms with Gasteiger partial charge in [0.2, 0.25) is 0 Å². The fourth-order valence-electron chi connectivity index (χ4n) is 1.33. The molecule has 1 rings (SSSR count). The highest BCUT2D eigenvalue weighted by atomic mass is 35.5. The van der Waals surface area contributed by atoms with Crippen LogP contribution in [0.3, 0.4) is 0 Å². The van der Waals surface area contributed by atoms with Crippen molar-refractivity contribution in [2.24, 2.45) is 0 Å². The molecule has 0 aliphatic carbocycles. The van der Waals surface area contributed by atoms with Crippen molar-refractivity contribution >= 4 is 17.6 Å². The Hall–Kier alpha value is -1.14. The summed E-state index contributed by atoms with van der Waals surface area (Å²) in [6, 6.07) is 4.34. The number of halogens is 1. The van der Waals surface area contributed by atoms with Gasteiger partial charge in [-0.15, -0.1) is 0 Å². The molecule has 0 aromatic heterocycles. The standard InChI is InChI=1S/C11H13ClO5/c1-17-11(16)10(15)9(14)6-2-3-8(12)7(4-6)5-13/h2-4,9-10,13-15H,5H2,1H3. The number of methoxy groups -OCH3 is 1. The Bertz CT molecular complexity index is 407. The second-order valence-corrected chi connectivity index (χ2v) is 3.83. The summed E-state index contributed by atoms with van der Waals surface area (Å²) in [7, 11) is 1.11. The van der Waals surface area contributed by atoms with Crippen LogP contribution in [0.1, 0.15) is 17.2 Å². The average Bonchev–Trinajstić information content (AvgIpc) is 2.36. The Morgan fingerprint density at radius 1 is 1.47 bits per heavy atom. The lowest BCUT2D eigenvalue weighted by Crippen LogP contribution is -2.29. The van der Waals surface area contributed by atoms with Crippen molar-refractivity contribution in [3.63, 3.8) is 0 Å². The largest absolute Gasteiger partial charge is 0.467 e. The molecule has 1 aromatic carbocycles. The van der Waals surface area contributed by atoms with Gasteiger partial charge in [0.25, 0.3) is 0 Å². The van der Waals surface area contributed by atoms with E-state index in [1.54, 1.807) is 0 Å². The van der Waals surface area contributed by atoms with Gasteiger partial charge in [0.15, 0.2) is 6.10 Å². The van der Waals surface area contributed by atoms with Crippen molar-refractivity contribution in [2.75, 3.05) is 7.11 Å². The molecule has 0 saturated carbocycles. The predicted octanol–water partition coefficient (Wildman–Crippen LogP) is 0.400. The maximum atomic E-state index is 11.0. The van der Waals surface area contributed by atoms with Crippen LogP contribution in [0.5, 0.6) is 0 Å². The zero-order valence-electron chi connectivity index (χ0n) is 9.13. The van der Waals surface area contributed by atoms with Crippen LogP contribution in [0.25, 0.3) is 0 Å². The normalized spacial score (nSPS) is 14.2. The molecule has 17 heavy (non-hydrogen) atoms. The van der Waals surface area contributed by atoms with Gasteiger partial charge in [-0.3, -0.25) is 0 Å². The van der Waals surface area contributed by atoms with Gasteiger partial charge >= 0.3 is 5.97 Å². The first kappa shape index (κ1) is 13.9. The Balaban J connectivity index is 2.96. The number of rotatable bonds is 4. The lowest BCUT2D eigenvalue weighted by Gasteiger charge is -2.16. The summed E-state index contributed by atoms with van der Waals surface area (Å²) in [6.45, 7) is -0.298. The third kappa shape index (κ3) is 3.17. The third-order valence-electron chi connectivity index (χ3n) is 2.32. The molecule has 0 heterocycles. The lowest BCUT2D eigenvalue weighted by molar-refractivity contribution is -0.156. The van der Waals surface area contributed by atoms with Crippen molar-refractivity contribution < 1.29 is 24.9 Å². The highest BCUT2D eigenvalue weighted by Crippen LogP contribution is 2.24. The zero-order chi connectivity index (χ0) is 13.0. The lowest BCUT2D eigenvalue weighted by atomic mass is 10.0. The van der Waals surface area contributed by atoms with E-state index in [0.29, 0.717) is 10.6 Å². The van der Waals surface area contributed by atoms with E-state index in [-0.39, 0.29) is 12.2 Å². The molecule has 1 aromatic rings. The molecule has 2 atom stereocenters. The number of hydrogen-bond donors (Lipinski definition) is 3. The maximum Gasteiger partial charge on any atom is 0.337 e. The molecule has 0 fully saturated rings. The summed E-state index contributed by atoms with van der Waals surface area (Å²) in [5, 5.41) is 28.5. The number of benzene rings is 1. The number of aliphatic hydroxyl groups excluding tert-OH is 3. The Kier molecular flexibility index (Phi) is 4.89. The molecule has 94 valence electrons. The summed E-state index contributed by atoms with van der Waals surface area (Å²) in [4.78, 5) is 11.0. The van der Waals surface area contributed by atoms with Gasteiger partial charge in [-0.1, -0.05) is 17.7 Å². The molecule has 0 saturated heterocycles. The molecule has 0 aliphatic heterocycles. The molecule has 2 unspecified atom stereocenters. The number of carbonyl (C=O) groups is 1. The van der Waals surface area contributed by atoms with E-state index in [2.05, 4.69) is 4.74 Å². The predicted molar refractivity (Wildman–Crippen MR) is 60.4 cm³/mol. The van der Waals surface area contributed by atoms with Gasteiger partial charge in [-0.05, 0) is 23.3 Å². The average molecular weight is 261 g/mol. The number of aliphatic hydroxyl groups is 3. The topological polar surface area (TPSA) is 87.0 Å². The summed E-state index contributed by atoms with van der Waals surface area (Å²) in [6.07, 6.45) is -3.10. The molecule has 5 nitrogen and oxygen atoms in total. The van der Waals surface area contributed by atoms with E-state index in [0.717, 1.165) is 7.11 Å². The van der Waals surface area contributed by atoms with Crippen molar-refractivity contribution in [3.8, 4) is 0 Å². The minimum atomic E-state index is -1.67. The SMILES string of the molecule is COC(=O)C(O)C(O)c1ccc(Cl)c(CO)c1. The fourth-order valence-corrected chi connectivity index (χ4v) is 1.51. The molecular weight excluding hydrogens is 248 g/mol. The number of ether oxygens (including phenoxy) is 1. The van der Waals surface area contributed by atoms with Gasteiger partial charge in [-0.25, -0.2) is 4.79 Å². The molecule has 0 spiro atoms. The van der Waals surface area contributed by atoms with Gasteiger partial charge in [0.1, 0.15) is 6.10 Å². The van der Waals surface area contributed by atoms with E-state index >= 15 is 0 Å². The Morgan fingerprint density at radius 3 is 2.65 bits per heavy atom. The van der Waals surface area contributed by atoms with Gasteiger partial charge in [0.05, 0.1) is 13.7 Å². The van der Waals surface area contributed by atoms with Crippen LogP contribution in [0, 0.1) is 0 Å². The molecule has 3 N–H and O–H groups in total. The van der Waals surface area contributed by atoms with Gasteiger partial charge in [0, 0.05) is 5.02 Å². The molecular formula is C11H13ClO5. The minimum absolute atomic E-state index is 0.274. The summed E-state index contributed by atoms with van der Waals surface area (Å²) in [5.41, 5.74) is 0.677. The van der Waals surface area contributed by atoms with Crippen molar-refractivity contribution in [1.29, 1.82) is 0 Å². The monoisotopic (exact) mass is 260 g/mol. The Morgan fingerprint density at radius 2 is 2.12 bits per heavy atom. The van der Waals surface area contributed by atoms with Crippen LogP contribution in [0.2, 0.25) is 5.02 Å². The highest BCUT2D eigenvalue weighted by molar-refractivity contribution is 6.31. The molecule has 0 radical (unpaired) electrons. The van der Waals surface area contributed by atoms with E-state index in [9.17, 15) is 15.0 Å². The third-order valence-corrected chi connectivity index (χ3v) is 2.69. The summed E-state index contributed by atoms with van der Waals surface area (Å²) in [5.74, 6) is -0.932. The molecule has 0 aliphatic rings. The van der Waals surface area contributed by atoms with E-state index in [1.165, 1.54) is 18.2 Å². The molecule has 6 heteroatoms. The first-order chi connectivity index (χ1) is 8.01. The van der Waals surface area contributed by atoms with E-state index in [1.807, 2.05) is 0 Å². The van der Waals surface area contributed by atoms with Crippen LogP contribution < -0.4 is 0 Å². The van der Waals surface area contributed by atoms with Crippen molar-refractivity contribution in [2.45, 2.75) is 18.8 Å². The fraction of sp³-hybridized carbons (Fsp3) is 0.364. The van der Waals surface area contributed by atoms with Crippen LogP contribution in [-0.4, -0.2) is 34.5 Å².